The Kier molecular flexibility index (Phi) is 4.74. The third kappa shape index (κ3) is 3.67. The molecule has 102 valence electrons. The van der Waals surface area contributed by atoms with Gasteiger partial charge in [0.05, 0.1) is 0 Å². The maximum Gasteiger partial charge on any atom is 0.205 e. The molecule has 0 saturated heterocycles. The second-order valence-electron chi connectivity index (χ2n) is 4.50. The van der Waals surface area contributed by atoms with Crippen molar-refractivity contribution in [3.8, 4) is 0 Å². The Balaban J connectivity index is 2.10. The SMILES string of the molecule is CCCc1nsc(N(CC)Cc2cccc(N)c2)n1. The van der Waals surface area contributed by atoms with Crippen molar-refractivity contribution in [2.24, 2.45) is 0 Å². The van der Waals surface area contributed by atoms with E-state index in [1.807, 2.05) is 18.2 Å². The minimum Gasteiger partial charge on any atom is -0.399 e. The van der Waals surface area contributed by atoms with Crippen LogP contribution in [-0.2, 0) is 13.0 Å². The standard InChI is InChI=1S/C14H20N4S/c1-3-6-13-16-14(19-17-13)18(4-2)10-11-7-5-8-12(15)9-11/h5,7-9H,3-4,6,10,15H2,1-2H3. The van der Waals surface area contributed by atoms with E-state index in [0.29, 0.717) is 0 Å². The molecule has 0 radical (unpaired) electrons. The summed E-state index contributed by atoms with van der Waals surface area (Å²) in [6, 6.07) is 7.99. The smallest absolute Gasteiger partial charge is 0.205 e. The summed E-state index contributed by atoms with van der Waals surface area (Å²) >= 11 is 1.48. The Morgan fingerprint density at radius 3 is 2.84 bits per heavy atom. The van der Waals surface area contributed by atoms with Crippen LogP contribution in [0.4, 0.5) is 10.8 Å². The van der Waals surface area contributed by atoms with Crippen molar-refractivity contribution in [2.75, 3.05) is 17.2 Å². The first-order chi connectivity index (χ1) is 9.22. The highest BCUT2D eigenvalue weighted by Gasteiger charge is 2.11. The van der Waals surface area contributed by atoms with Gasteiger partial charge in [0.15, 0.2) is 0 Å². The lowest BCUT2D eigenvalue weighted by atomic mass is 10.2. The molecule has 0 fully saturated rings. The summed E-state index contributed by atoms with van der Waals surface area (Å²) in [6.07, 6.45) is 2.03. The van der Waals surface area contributed by atoms with Crippen molar-refractivity contribution in [1.29, 1.82) is 0 Å². The van der Waals surface area contributed by atoms with Crippen molar-refractivity contribution < 1.29 is 0 Å². The molecule has 1 aromatic heterocycles. The Morgan fingerprint density at radius 2 is 2.16 bits per heavy atom. The molecule has 2 rings (SSSR count). The van der Waals surface area contributed by atoms with Gasteiger partial charge in [-0.05, 0) is 31.0 Å². The van der Waals surface area contributed by atoms with Crippen LogP contribution in [0, 0.1) is 0 Å². The Morgan fingerprint density at radius 1 is 1.32 bits per heavy atom. The van der Waals surface area contributed by atoms with Gasteiger partial charge in [0, 0.05) is 36.7 Å². The first-order valence-electron chi connectivity index (χ1n) is 6.64. The number of aromatic nitrogens is 2. The molecule has 0 aliphatic rings. The average Bonchev–Trinajstić information content (AvgIpc) is 2.85. The molecule has 2 N–H and O–H groups in total. The van der Waals surface area contributed by atoms with E-state index in [1.165, 1.54) is 17.1 Å². The van der Waals surface area contributed by atoms with Crippen molar-refractivity contribution >= 4 is 22.4 Å². The van der Waals surface area contributed by atoms with E-state index >= 15 is 0 Å². The first-order valence-corrected chi connectivity index (χ1v) is 7.42. The van der Waals surface area contributed by atoms with Crippen LogP contribution in [0.25, 0.3) is 0 Å². The fourth-order valence-electron chi connectivity index (χ4n) is 1.92. The van der Waals surface area contributed by atoms with E-state index < -0.39 is 0 Å². The zero-order chi connectivity index (χ0) is 13.7. The molecule has 4 nitrogen and oxygen atoms in total. The van der Waals surface area contributed by atoms with E-state index in [2.05, 4.69) is 34.2 Å². The lowest BCUT2D eigenvalue weighted by molar-refractivity contribution is 0.809. The van der Waals surface area contributed by atoms with E-state index in [0.717, 1.165) is 42.6 Å². The molecule has 5 heteroatoms. The quantitative estimate of drug-likeness (QED) is 0.824. The summed E-state index contributed by atoms with van der Waals surface area (Å²) in [4.78, 5) is 6.82. The molecule has 0 aliphatic carbocycles. The Bertz CT molecular complexity index is 524. The summed E-state index contributed by atoms with van der Waals surface area (Å²) in [5.41, 5.74) is 7.82. The fourth-order valence-corrected chi connectivity index (χ4v) is 2.70. The van der Waals surface area contributed by atoms with Gasteiger partial charge in [-0.3, -0.25) is 0 Å². The molecular formula is C14H20N4S. The molecule has 0 aliphatic heterocycles. The zero-order valence-electron chi connectivity index (χ0n) is 11.5. The molecule has 0 bridgehead atoms. The van der Waals surface area contributed by atoms with E-state index in [-0.39, 0.29) is 0 Å². The molecule has 1 heterocycles. The second kappa shape index (κ2) is 6.52. The topological polar surface area (TPSA) is 55.0 Å². The number of benzene rings is 1. The van der Waals surface area contributed by atoms with Gasteiger partial charge in [-0.1, -0.05) is 19.1 Å². The van der Waals surface area contributed by atoms with E-state index in [1.54, 1.807) is 0 Å². The van der Waals surface area contributed by atoms with Gasteiger partial charge in [0.25, 0.3) is 0 Å². The third-order valence-electron chi connectivity index (χ3n) is 2.91. The normalized spacial score (nSPS) is 10.6. The monoisotopic (exact) mass is 276 g/mol. The minimum absolute atomic E-state index is 0.803. The van der Waals surface area contributed by atoms with Crippen LogP contribution in [0.1, 0.15) is 31.7 Å². The number of hydrogen-bond acceptors (Lipinski definition) is 5. The molecule has 19 heavy (non-hydrogen) atoms. The molecule has 2 aromatic rings. The van der Waals surface area contributed by atoms with E-state index in [4.69, 9.17) is 5.73 Å². The van der Waals surface area contributed by atoms with Gasteiger partial charge in [-0.15, -0.1) is 0 Å². The van der Waals surface area contributed by atoms with Crippen LogP contribution in [0.15, 0.2) is 24.3 Å². The van der Waals surface area contributed by atoms with Gasteiger partial charge in [0.2, 0.25) is 5.13 Å². The number of hydrogen-bond donors (Lipinski definition) is 1. The highest BCUT2D eigenvalue weighted by atomic mass is 32.1. The summed E-state index contributed by atoms with van der Waals surface area (Å²) in [6.45, 7) is 6.01. The summed E-state index contributed by atoms with van der Waals surface area (Å²) in [5, 5.41) is 0.994. The largest absolute Gasteiger partial charge is 0.399 e. The maximum atomic E-state index is 5.81. The van der Waals surface area contributed by atoms with Gasteiger partial charge < -0.3 is 10.6 Å². The first kappa shape index (κ1) is 13.8. The predicted molar refractivity (Wildman–Crippen MR) is 81.5 cm³/mol. The molecule has 0 spiro atoms. The minimum atomic E-state index is 0.803. The van der Waals surface area contributed by atoms with Crippen LogP contribution in [0.5, 0.6) is 0 Å². The molecule has 0 atom stereocenters. The van der Waals surface area contributed by atoms with E-state index in [9.17, 15) is 0 Å². The number of rotatable bonds is 6. The molecule has 0 unspecified atom stereocenters. The molecule has 1 aromatic carbocycles. The number of anilines is 2. The predicted octanol–water partition coefficient (Wildman–Crippen LogP) is 3.10. The highest BCUT2D eigenvalue weighted by molar-refractivity contribution is 7.09. The fraction of sp³-hybridized carbons (Fsp3) is 0.429. The van der Waals surface area contributed by atoms with Gasteiger partial charge >= 0.3 is 0 Å². The maximum absolute atomic E-state index is 5.81. The van der Waals surface area contributed by atoms with Crippen LogP contribution in [0.3, 0.4) is 0 Å². The Hall–Kier alpha value is -1.62. The van der Waals surface area contributed by atoms with Crippen molar-refractivity contribution in [3.05, 3.63) is 35.7 Å². The molecule has 0 saturated carbocycles. The van der Waals surface area contributed by atoms with Gasteiger partial charge in [-0.2, -0.15) is 4.37 Å². The van der Waals surface area contributed by atoms with Crippen molar-refractivity contribution in [2.45, 2.75) is 33.2 Å². The Labute approximate surface area is 118 Å². The third-order valence-corrected chi connectivity index (χ3v) is 3.72. The number of nitrogens with two attached hydrogens (primary N) is 1. The van der Waals surface area contributed by atoms with Gasteiger partial charge in [0.1, 0.15) is 5.82 Å². The average molecular weight is 276 g/mol. The number of nitrogens with zero attached hydrogens (tertiary/aromatic N) is 3. The zero-order valence-corrected chi connectivity index (χ0v) is 12.3. The van der Waals surface area contributed by atoms with Crippen LogP contribution in [0.2, 0.25) is 0 Å². The van der Waals surface area contributed by atoms with Crippen molar-refractivity contribution in [1.82, 2.24) is 9.36 Å². The lowest BCUT2D eigenvalue weighted by Gasteiger charge is -2.19. The molecular weight excluding hydrogens is 256 g/mol. The van der Waals surface area contributed by atoms with Crippen LogP contribution < -0.4 is 10.6 Å². The number of aryl methyl sites for hydroxylation is 1. The summed E-state index contributed by atoms with van der Waals surface area (Å²) < 4.78 is 4.40. The highest BCUT2D eigenvalue weighted by Crippen LogP contribution is 2.20. The van der Waals surface area contributed by atoms with Crippen molar-refractivity contribution in [3.63, 3.8) is 0 Å². The lowest BCUT2D eigenvalue weighted by Crippen LogP contribution is -2.21. The molecule has 0 amide bonds. The second-order valence-corrected chi connectivity index (χ2v) is 5.23. The number of nitrogen functional groups attached to an aromatic ring is 1. The van der Waals surface area contributed by atoms with Crippen LogP contribution in [-0.4, -0.2) is 15.9 Å². The van der Waals surface area contributed by atoms with Crippen LogP contribution >= 0.6 is 11.5 Å². The van der Waals surface area contributed by atoms with Gasteiger partial charge in [-0.25, -0.2) is 4.98 Å². The summed E-state index contributed by atoms with van der Waals surface area (Å²) in [5.74, 6) is 0.952. The summed E-state index contributed by atoms with van der Waals surface area (Å²) in [7, 11) is 0.